The van der Waals surface area contributed by atoms with Gasteiger partial charge in [0.2, 0.25) is 0 Å². The molecule has 0 aromatic rings. The van der Waals surface area contributed by atoms with Gasteiger partial charge >= 0.3 is 14.5 Å². The Kier molecular flexibility index (Phi) is 17.6. The Balaban J connectivity index is 4.73. The van der Waals surface area contributed by atoms with Crippen molar-refractivity contribution >= 4 is 14.5 Å². The molecule has 0 spiro atoms. The summed E-state index contributed by atoms with van der Waals surface area (Å²) in [6.45, 7) is 14.0. The summed E-state index contributed by atoms with van der Waals surface area (Å²) in [5.74, 6) is 0. The van der Waals surface area contributed by atoms with Gasteiger partial charge in [-0.05, 0) is 19.3 Å². The first-order valence-corrected chi connectivity index (χ1v) is 12.7. The fraction of sp³-hybridized carbons (Fsp3) is 1.00. The predicted octanol–water partition coefficient (Wildman–Crippen LogP) is 6.62. The molecule has 0 aromatic heterocycles. The molecule has 0 aliphatic carbocycles. The Bertz CT molecular complexity index is 222. The predicted molar refractivity (Wildman–Crippen MR) is 106 cm³/mol. The van der Waals surface area contributed by atoms with Gasteiger partial charge in [0.05, 0.1) is 6.23 Å². The molecule has 0 aromatic carbocycles. The van der Waals surface area contributed by atoms with Crippen LogP contribution in [-0.4, -0.2) is 38.7 Å². The Labute approximate surface area is 152 Å². The van der Waals surface area contributed by atoms with Crippen LogP contribution < -0.4 is 0 Å². The van der Waals surface area contributed by atoms with E-state index < -0.39 is 14.5 Å². The monoisotopic (exact) mass is 341 g/mol. The van der Waals surface area contributed by atoms with Crippen molar-refractivity contribution in [2.45, 2.75) is 116 Å². The smallest absolute Gasteiger partial charge is 0.461 e. The van der Waals surface area contributed by atoms with Crippen molar-refractivity contribution in [1.82, 2.24) is 4.90 Å². The summed E-state index contributed by atoms with van der Waals surface area (Å²) >= 11 is -1.02. The third kappa shape index (κ3) is 12.5. The van der Waals surface area contributed by atoms with Crippen molar-refractivity contribution in [2.75, 3.05) is 13.1 Å². The molecule has 23 heavy (non-hydrogen) atoms. The largest absolute Gasteiger partial charge is 0.487 e. The molecule has 0 fully saturated rings. The quantitative estimate of drug-likeness (QED) is 0.218. The van der Waals surface area contributed by atoms with E-state index in [0.717, 1.165) is 0 Å². The average molecular weight is 342 g/mol. The highest BCUT2D eigenvalue weighted by Gasteiger charge is 2.26. The Morgan fingerprint density at radius 3 is 1.57 bits per heavy atom. The van der Waals surface area contributed by atoms with Crippen LogP contribution in [0.3, 0.4) is 0 Å². The van der Waals surface area contributed by atoms with E-state index in [9.17, 15) is 0 Å². The molecule has 0 aliphatic rings. The van der Waals surface area contributed by atoms with Crippen LogP contribution in [0.15, 0.2) is 0 Å². The minimum absolute atomic E-state index is 0.406. The molecule has 0 bridgehead atoms. The molecule has 0 heterocycles. The zero-order valence-corrected chi connectivity index (χ0v) is 18.1. The van der Waals surface area contributed by atoms with Gasteiger partial charge in [-0.3, -0.25) is 4.90 Å². The first-order valence-electron chi connectivity index (χ1n) is 10.6. The summed E-state index contributed by atoms with van der Waals surface area (Å²) in [5.41, 5.74) is 0. The maximum absolute atomic E-state index is 6.82. The van der Waals surface area contributed by atoms with Crippen LogP contribution in [0, 0.1) is 0 Å². The van der Waals surface area contributed by atoms with E-state index in [4.69, 9.17) is 3.79 Å². The van der Waals surface area contributed by atoms with Crippen LogP contribution in [0.25, 0.3) is 0 Å². The minimum atomic E-state index is -1.02. The van der Waals surface area contributed by atoms with Crippen LogP contribution in [0.1, 0.15) is 98.8 Å². The van der Waals surface area contributed by atoms with Crippen LogP contribution in [0.5, 0.6) is 0 Å². The summed E-state index contributed by atoms with van der Waals surface area (Å²) < 4.78 is 6.82. The highest BCUT2D eigenvalue weighted by atomic mass is 27.2. The van der Waals surface area contributed by atoms with Gasteiger partial charge in [0.1, 0.15) is 0 Å². The fourth-order valence-corrected chi connectivity index (χ4v) is 6.11. The topological polar surface area (TPSA) is 12.5 Å². The summed E-state index contributed by atoms with van der Waals surface area (Å²) in [6, 6.07) is 0. The van der Waals surface area contributed by atoms with Gasteiger partial charge in [0.15, 0.2) is 0 Å². The lowest BCUT2D eigenvalue weighted by Crippen LogP contribution is -2.42. The maximum atomic E-state index is 6.82. The standard InChI is InChI=1S/C12H26NO.2C4H9.Al/c1-4-7-10-13(11-8-5-2)12(14)9-6-3;2*1-3-4-2;/h12H,4-11H2,1-3H3;2*1,3-4H2,2H3;/q-1;;;+1. The van der Waals surface area contributed by atoms with E-state index in [1.54, 1.807) is 0 Å². The molecule has 3 heteroatoms. The molecule has 1 atom stereocenters. The molecule has 1 unspecified atom stereocenters. The Morgan fingerprint density at radius 1 is 0.696 bits per heavy atom. The second-order valence-corrected chi connectivity index (χ2v) is 9.70. The van der Waals surface area contributed by atoms with E-state index in [1.807, 2.05) is 0 Å². The molecule has 0 saturated carbocycles. The summed E-state index contributed by atoms with van der Waals surface area (Å²) in [5, 5.41) is 2.76. The van der Waals surface area contributed by atoms with Crippen LogP contribution >= 0.6 is 0 Å². The number of nitrogens with zero attached hydrogens (tertiary/aromatic N) is 1. The van der Waals surface area contributed by atoms with Crippen LogP contribution in [-0.2, 0) is 3.79 Å². The molecule has 0 N–H and O–H groups in total. The van der Waals surface area contributed by atoms with Crippen molar-refractivity contribution in [3.05, 3.63) is 0 Å². The molecule has 0 amide bonds. The average Bonchev–Trinajstić information content (AvgIpc) is 2.57. The van der Waals surface area contributed by atoms with Crippen molar-refractivity contribution in [1.29, 1.82) is 0 Å². The van der Waals surface area contributed by atoms with Gasteiger partial charge in [0.25, 0.3) is 0 Å². The van der Waals surface area contributed by atoms with E-state index in [2.05, 4.69) is 39.5 Å². The number of unbranched alkanes of at least 4 members (excludes halogenated alkanes) is 4. The SMILES string of the molecule is CCCCN(CCCC)C(CCC)[O][Al]([CH2]CCC)[CH2]CCC. The normalized spacial score (nSPS) is 12.8. The van der Waals surface area contributed by atoms with Gasteiger partial charge in [-0.15, -0.1) is 0 Å². The summed E-state index contributed by atoms with van der Waals surface area (Å²) in [7, 11) is 0. The van der Waals surface area contributed by atoms with Crippen molar-refractivity contribution in [2.24, 2.45) is 0 Å². The molecule has 138 valence electrons. The Morgan fingerprint density at radius 2 is 1.17 bits per heavy atom. The lowest BCUT2D eigenvalue weighted by Gasteiger charge is -2.34. The number of hydrogen-bond acceptors (Lipinski definition) is 2. The minimum Gasteiger partial charge on any atom is -0.487 e. The third-order valence-electron chi connectivity index (χ3n) is 4.65. The van der Waals surface area contributed by atoms with Crippen molar-refractivity contribution in [3.63, 3.8) is 0 Å². The first-order chi connectivity index (χ1) is 11.2. The highest BCUT2D eigenvalue weighted by molar-refractivity contribution is 6.51. The second-order valence-electron chi connectivity index (χ2n) is 7.03. The summed E-state index contributed by atoms with van der Waals surface area (Å²) in [6.07, 6.45) is 13.4. The van der Waals surface area contributed by atoms with Gasteiger partial charge in [-0.25, -0.2) is 0 Å². The lowest BCUT2D eigenvalue weighted by molar-refractivity contribution is 0.0128. The number of hydrogen-bond donors (Lipinski definition) is 0. The first kappa shape index (κ1) is 23.5. The number of rotatable bonds is 17. The molecule has 0 radical (unpaired) electrons. The van der Waals surface area contributed by atoms with E-state index in [0.29, 0.717) is 6.23 Å². The van der Waals surface area contributed by atoms with Crippen molar-refractivity contribution in [3.8, 4) is 0 Å². The summed E-state index contributed by atoms with van der Waals surface area (Å²) in [4.78, 5) is 2.67. The second kappa shape index (κ2) is 17.3. The molecule has 0 aliphatic heterocycles. The van der Waals surface area contributed by atoms with E-state index in [1.165, 1.54) is 87.9 Å². The van der Waals surface area contributed by atoms with Gasteiger partial charge in [0, 0.05) is 13.1 Å². The van der Waals surface area contributed by atoms with E-state index >= 15 is 0 Å². The zero-order valence-electron chi connectivity index (χ0n) is 16.9. The molecule has 0 saturated heterocycles. The zero-order chi connectivity index (χ0) is 17.3. The Hall–Kier alpha value is 0.452. The van der Waals surface area contributed by atoms with Gasteiger partial charge in [-0.1, -0.05) is 90.1 Å². The molecule has 2 nitrogen and oxygen atoms in total. The maximum Gasteiger partial charge on any atom is 0.461 e. The van der Waals surface area contributed by atoms with Gasteiger partial charge < -0.3 is 3.79 Å². The van der Waals surface area contributed by atoms with Crippen LogP contribution in [0.2, 0.25) is 10.6 Å². The lowest BCUT2D eigenvalue weighted by atomic mass is 10.2. The van der Waals surface area contributed by atoms with E-state index in [-0.39, 0.29) is 0 Å². The van der Waals surface area contributed by atoms with Crippen LogP contribution in [0.4, 0.5) is 0 Å². The fourth-order valence-electron chi connectivity index (χ4n) is 3.07. The van der Waals surface area contributed by atoms with Crippen molar-refractivity contribution < 1.29 is 3.79 Å². The molecular formula is C20H44AlNO. The molecular weight excluding hydrogens is 297 g/mol. The highest BCUT2D eigenvalue weighted by Crippen LogP contribution is 2.19. The van der Waals surface area contributed by atoms with Gasteiger partial charge in [-0.2, -0.15) is 0 Å². The molecule has 0 rings (SSSR count). The third-order valence-corrected chi connectivity index (χ3v) is 7.45.